The van der Waals surface area contributed by atoms with E-state index in [-0.39, 0.29) is 18.7 Å². The largest absolute Gasteiger partial charge is 0.497 e. The highest BCUT2D eigenvalue weighted by atomic mass is 16.7. The number of hydrogen-bond acceptors (Lipinski definition) is 5. The van der Waals surface area contributed by atoms with Gasteiger partial charge in [-0.25, -0.2) is 0 Å². The van der Waals surface area contributed by atoms with Crippen LogP contribution in [0, 0.1) is 0 Å². The molecule has 0 saturated heterocycles. The van der Waals surface area contributed by atoms with Crippen molar-refractivity contribution in [1.82, 2.24) is 10.2 Å². The minimum atomic E-state index is -0.140. The van der Waals surface area contributed by atoms with E-state index >= 15 is 0 Å². The van der Waals surface area contributed by atoms with E-state index in [1.54, 1.807) is 25.3 Å². The highest BCUT2D eigenvalue weighted by Crippen LogP contribution is 2.32. The van der Waals surface area contributed by atoms with E-state index in [0.29, 0.717) is 23.6 Å². The smallest absolute Gasteiger partial charge is 0.251 e. The maximum absolute atomic E-state index is 12.5. The molecule has 1 aliphatic heterocycles. The second-order valence-corrected chi connectivity index (χ2v) is 6.03. The van der Waals surface area contributed by atoms with Crippen LogP contribution >= 0.6 is 0 Å². The summed E-state index contributed by atoms with van der Waals surface area (Å²) in [5.41, 5.74) is 1.66. The average Bonchev–Trinajstić information content (AvgIpc) is 3.09. The first kappa shape index (κ1) is 17.1. The van der Waals surface area contributed by atoms with Gasteiger partial charge in [-0.2, -0.15) is 0 Å². The van der Waals surface area contributed by atoms with E-state index in [1.165, 1.54) is 0 Å². The number of carbonyl (C=O) groups is 1. The van der Waals surface area contributed by atoms with Gasteiger partial charge in [0, 0.05) is 12.1 Å². The molecule has 1 N–H and O–H groups in total. The number of nitrogens with zero attached hydrogens (tertiary/aromatic N) is 1. The van der Waals surface area contributed by atoms with Crippen LogP contribution < -0.4 is 19.5 Å². The third kappa shape index (κ3) is 3.85. The van der Waals surface area contributed by atoms with Crippen LogP contribution in [0.3, 0.4) is 0 Å². The third-order valence-electron chi connectivity index (χ3n) is 4.21. The zero-order valence-electron chi connectivity index (χ0n) is 14.6. The molecule has 1 atom stereocenters. The second kappa shape index (κ2) is 7.44. The zero-order chi connectivity index (χ0) is 17.8. The molecule has 6 heteroatoms. The number of ether oxygens (including phenoxy) is 3. The SMILES string of the molecule is COc1ccc(C(CNC(=O)c2ccc3c(c2)OCO3)N(C)C)cc1. The first-order valence-electron chi connectivity index (χ1n) is 8.06. The summed E-state index contributed by atoms with van der Waals surface area (Å²) in [6.45, 7) is 0.688. The quantitative estimate of drug-likeness (QED) is 0.874. The zero-order valence-corrected chi connectivity index (χ0v) is 14.6. The molecule has 0 fully saturated rings. The van der Waals surface area contributed by atoms with Crippen LogP contribution in [-0.2, 0) is 0 Å². The van der Waals surface area contributed by atoms with Gasteiger partial charge in [-0.05, 0) is 50.0 Å². The number of benzene rings is 2. The Morgan fingerprint density at radius 3 is 2.56 bits per heavy atom. The number of methoxy groups -OCH3 is 1. The molecule has 1 amide bonds. The first-order chi connectivity index (χ1) is 12.1. The lowest BCUT2D eigenvalue weighted by Crippen LogP contribution is -2.34. The Morgan fingerprint density at radius 1 is 1.16 bits per heavy atom. The number of nitrogens with one attached hydrogen (secondary N) is 1. The predicted octanol–water partition coefficient (Wildman–Crippen LogP) is 2.46. The molecule has 0 bridgehead atoms. The van der Waals surface area contributed by atoms with Crippen LogP contribution in [0.1, 0.15) is 22.0 Å². The molecule has 0 saturated carbocycles. The van der Waals surface area contributed by atoms with Crippen molar-refractivity contribution in [2.75, 3.05) is 34.5 Å². The fraction of sp³-hybridized carbons (Fsp3) is 0.316. The minimum absolute atomic E-state index is 0.0591. The van der Waals surface area contributed by atoms with Gasteiger partial charge in [0.25, 0.3) is 5.91 Å². The standard InChI is InChI=1S/C19H22N2O4/c1-21(2)16(13-4-7-15(23-3)8-5-13)11-20-19(22)14-6-9-17-18(10-14)25-12-24-17/h4-10,16H,11-12H2,1-3H3,(H,20,22). The van der Waals surface area contributed by atoms with Crippen molar-refractivity contribution in [2.45, 2.75) is 6.04 Å². The molecule has 0 aliphatic carbocycles. The fourth-order valence-electron chi connectivity index (χ4n) is 2.75. The number of fused-ring (bicyclic) bond motifs is 1. The van der Waals surface area contributed by atoms with Gasteiger partial charge in [-0.15, -0.1) is 0 Å². The van der Waals surface area contributed by atoms with Crippen molar-refractivity contribution in [1.29, 1.82) is 0 Å². The molecule has 1 heterocycles. The van der Waals surface area contributed by atoms with Gasteiger partial charge < -0.3 is 24.4 Å². The summed E-state index contributed by atoms with van der Waals surface area (Å²) in [6.07, 6.45) is 0. The second-order valence-electron chi connectivity index (χ2n) is 6.03. The van der Waals surface area contributed by atoms with Crippen LogP contribution in [0.2, 0.25) is 0 Å². The van der Waals surface area contributed by atoms with Crippen LogP contribution in [0.5, 0.6) is 17.2 Å². The number of hydrogen-bond donors (Lipinski definition) is 1. The number of rotatable bonds is 6. The molecule has 25 heavy (non-hydrogen) atoms. The van der Waals surface area contributed by atoms with Gasteiger partial charge in [-0.3, -0.25) is 4.79 Å². The molecule has 2 aromatic carbocycles. The molecule has 0 radical (unpaired) electrons. The molecule has 132 valence electrons. The summed E-state index contributed by atoms with van der Waals surface area (Å²) >= 11 is 0. The Labute approximate surface area is 147 Å². The Morgan fingerprint density at radius 2 is 1.88 bits per heavy atom. The van der Waals surface area contributed by atoms with Crippen molar-refractivity contribution in [3.8, 4) is 17.2 Å². The van der Waals surface area contributed by atoms with Crippen molar-refractivity contribution >= 4 is 5.91 Å². The molecular weight excluding hydrogens is 320 g/mol. The topological polar surface area (TPSA) is 60.0 Å². The molecule has 0 spiro atoms. The lowest BCUT2D eigenvalue weighted by atomic mass is 10.1. The van der Waals surface area contributed by atoms with Gasteiger partial charge in [0.2, 0.25) is 6.79 Å². The van der Waals surface area contributed by atoms with Gasteiger partial charge in [0.15, 0.2) is 11.5 Å². The predicted molar refractivity (Wildman–Crippen MR) is 94.3 cm³/mol. The van der Waals surface area contributed by atoms with Gasteiger partial charge in [0.1, 0.15) is 5.75 Å². The number of likely N-dealkylation sites (N-methyl/N-ethyl adjacent to an activating group) is 1. The molecule has 0 aromatic heterocycles. The molecule has 6 nitrogen and oxygen atoms in total. The molecular formula is C19H22N2O4. The molecule has 2 aromatic rings. The molecule has 1 unspecified atom stereocenters. The first-order valence-corrected chi connectivity index (χ1v) is 8.06. The fourth-order valence-corrected chi connectivity index (χ4v) is 2.75. The van der Waals surface area contributed by atoms with Crippen molar-refractivity contribution in [2.24, 2.45) is 0 Å². The lowest BCUT2D eigenvalue weighted by Gasteiger charge is -2.25. The normalized spacial score (nSPS) is 13.6. The average molecular weight is 342 g/mol. The van der Waals surface area contributed by atoms with E-state index in [4.69, 9.17) is 14.2 Å². The summed E-state index contributed by atoms with van der Waals surface area (Å²) < 4.78 is 15.8. The van der Waals surface area contributed by atoms with Gasteiger partial charge >= 0.3 is 0 Å². The Hall–Kier alpha value is -2.73. The summed E-state index contributed by atoms with van der Waals surface area (Å²) in [7, 11) is 5.62. The van der Waals surface area contributed by atoms with Gasteiger partial charge in [-0.1, -0.05) is 12.1 Å². The van der Waals surface area contributed by atoms with Crippen molar-refractivity contribution < 1.29 is 19.0 Å². The van der Waals surface area contributed by atoms with E-state index in [2.05, 4.69) is 10.2 Å². The Balaban J connectivity index is 1.67. The highest BCUT2D eigenvalue weighted by molar-refractivity contribution is 5.94. The van der Waals surface area contributed by atoms with E-state index in [0.717, 1.165) is 11.3 Å². The van der Waals surface area contributed by atoms with Crippen LogP contribution in [0.4, 0.5) is 0 Å². The van der Waals surface area contributed by atoms with Crippen LogP contribution in [0.15, 0.2) is 42.5 Å². The number of carbonyl (C=O) groups excluding carboxylic acids is 1. The summed E-state index contributed by atoms with van der Waals surface area (Å²) in [5, 5.41) is 2.99. The summed E-state index contributed by atoms with van der Waals surface area (Å²) in [5.74, 6) is 1.94. The van der Waals surface area contributed by atoms with Crippen LogP contribution in [0.25, 0.3) is 0 Å². The molecule has 1 aliphatic rings. The van der Waals surface area contributed by atoms with Crippen LogP contribution in [-0.4, -0.2) is 45.3 Å². The van der Waals surface area contributed by atoms with Crippen molar-refractivity contribution in [3.63, 3.8) is 0 Å². The van der Waals surface area contributed by atoms with E-state index in [9.17, 15) is 4.79 Å². The lowest BCUT2D eigenvalue weighted by molar-refractivity contribution is 0.0941. The summed E-state index contributed by atoms with van der Waals surface area (Å²) in [4.78, 5) is 14.5. The maximum Gasteiger partial charge on any atom is 0.251 e. The van der Waals surface area contributed by atoms with E-state index < -0.39 is 0 Å². The third-order valence-corrected chi connectivity index (χ3v) is 4.21. The minimum Gasteiger partial charge on any atom is -0.497 e. The maximum atomic E-state index is 12.5. The Kier molecular flexibility index (Phi) is 5.09. The van der Waals surface area contributed by atoms with Crippen molar-refractivity contribution in [3.05, 3.63) is 53.6 Å². The Bertz CT molecular complexity index is 744. The summed E-state index contributed by atoms with van der Waals surface area (Å²) in [6, 6.07) is 13.1. The number of amides is 1. The van der Waals surface area contributed by atoms with Gasteiger partial charge in [0.05, 0.1) is 13.2 Å². The monoisotopic (exact) mass is 342 g/mol. The van der Waals surface area contributed by atoms with E-state index in [1.807, 2.05) is 38.4 Å². The highest BCUT2D eigenvalue weighted by Gasteiger charge is 2.19. The molecule has 3 rings (SSSR count).